The molecule has 2 aliphatic rings. The van der Waals surface area contributed by atoms with Crippen LogP contribution in [-0.2, 0) is 21.2 Å². The van der Waals surface area contributed by atoms with Gasteiger partial charge >= 0.3 is 0 Å². The molecule has 4 rings (SSSR count). The first-order valence-corrected chi connectivity index (χ1v) is 10.3. The van der Waals surface area contributed by atoms with E-state index >= 15 is 0 Å². The third-order valence-electron chi connectivity index (χ3n) is 4.67. The number of carbonyl (C=O) groups is 1. The van der Waals surface area contributed by atoms with Gasteiger partial charge in [-0.05, 0) is 49.2 Å². The Bertz CT molecular complexity index is 1000. The molecule has 0 fully saturated rings. The minimum absolute atomic E-state index is 0.0922. The number of hydrogen-bond acceptors (Lipinski definition) is 5. The van der Waals surface area contributed by atoms with Gasteiger partial charge in [0.05, 0.1) is 4.90 Å². The van der Waals surface area contributed by atoms with E-state index in [-0.39, 0.29) is 10.8 Å². The Labute approximate surface area is 157 Å². The number of sulfonamides is 1. The Kier molecular flexibility index (Phi) is 4.43. The number of rotatable bonds is 4. The van der Waals surface area contributed by atoms with E-state index in [1.165, 1.54) is 12.1 Å². The molecule has 7 nitrogen and oxygen atoms in total. The molecular weight excluding hydrogens is 368 g/mol. The molecule has 2 aromatic carbocycles. The van der Waals surface area contributed by atoms with E-state index in [4.69, 9.17) is 9.47 Å². The zero-order valence-electron chi connectivity index (χ0n) is 14.9. The highest BCUT2D eigenvalue weighted by Crippen LogP contribution is 2.34. The first kappa shape index (κ1) is 17.7. The Hall–Kier alpha value is -2.74. The van der Waals surface area contributed by atoms with E-state index in [9.17, 15) is 13.2 Å². The van der Waals surface area contributed by atoms with Crippen LogP contribution < -0.4 is 19.1 Å². The van der Waals surface area contributed by atoms with E-state index in [0.717, 1.165) is 11.3 Å². The van der Waals surface area contributed by atoms with Gasteiger partial charge in [-0.1, -0.05) is 0 Å². The zero-order valence-corrected chi connectivity index (χ0v) is 15.7. The Morgan fingerprint density at radius 2 is 1.81 bits per heavy atom. The number of benzene rings is 2. The van der Waals surface area contributed by atoms with E-state index < -0.39 is 10.0 Å². The number of ether oxygens (including phenoxy) is 2. The minimum atomic E-state index is -3.77. The zero-order chi connectivity index (χ0) is 19.0. The number of nitrogens with one attached hydrogen (secondary N) is 1. The van der Waals surface area contributed by atoms with E-state index in [1.54, 1.807) is 29.2 Å². The minimum Gasteiger partial charge on any atom is -0.486 e. The fourth-order valence-corrected chi connectivity index (χ4v) is 4.44. The topological polar surface area (TPSA) is 84.9 Å². The number of fused-ring (bicyclic) bond motifs is 2. The number of carbonyl (C=O) groups excluding carboxylic acids is 1. The van der Waals surface area contributed by atoms with Crippen molar-refractivity contribution >= 4 is 27.3 Å². The summed E-state index contributed by atoms with van der Waals surface area (Å²) in [5.74, 6) is 1.06. The van der Waals surface area contributed by atoms with Crippen molar-refractivity contribution in [2.75, 3.05) is 29.4 Å². The molecule has 0 aliphatic carbocycles. The Morgan fingerprint density at radius 3 is 2.59 bits per heavy atom. The molecule has 27 heavy (non-hydrogen) atoms. The SMILES string of the molecule is CCN1C(=O)CCc2cc(NS(=O)(=O)c3ccc4c(c3)OCCO4)ccc21. The van der Waals surface area contributed by atoms with Gasteiger partial charge in [0.15, 0.2) is 11.5 Å². The summed E-state index contributed by atoms with van der Waals surface area (Å²) >= 11 is 0. The second-order valence-electron chi connectivity index (χ2n) is 6.39. The summed E-state index contributed by atoms with van der Waals surface area (Å²) in [6.45, 7) is 3.35. The second kappa shape index (κ2) is 6.77. The number of amides is 1. The highest BCUT2D eigenvalue weighted by atomic mass is 32.2. The van der Waals surface area contributed by atoms with Gasteiger partial charge in [-0.15, -0.1) is 0 Å². The third kappa shape index (κ3) is 3.32. The van der Waals surface area contributed by atoms with Crippen LogP contribution in [0.4, 0.5) is 11.4 Å². The van der Waals surface area contributed by atoms with Gasteiger partial charge in [0.2, 0.25) is 5.91 Å². The first-order valence-electron chi connectivity index (χ1n) is 8.84. The lowest BCUT2D eigenvalue weighted by atomic mass is 10.0. The average Bonchev–Trinajstić information content (AvgIpc) is 2.67. The molecule has 2 aromatic rings. The van der Waals surface area contributed by atoms with Crippen LogP contribution in [0.15, 0.2) is 41.3 Å². The van der Waals surface area contributed by atoms with Crippen molar-refractivity contribution in [1.29, 1.82) is 0 Å². The molecule has 1 N–H and O–H groups in total. The molecule has 0 spiro atoms. The molecule has 2 aliphatic heterocycles. The Balaban J connectivity index is 1.61. The molecule has 0 saturated carbocycles. The van der Waals surface area contributed by atoms with Crippen LogP contribution in [0.2, 0.25) is 0 Å². The van der Waals surface area contributed by atoms with Crippen molar-refractivity contribution in [2.24, 2.45) is 0 Å². The standard InChI is InChI=1S/C19H20N2O5S/c1-2-21-16-6-4-14(11-13(16)3-8-19(21)22)20-27(23,24)15-5-7-17-18(12-15)26-10-9-25-17/h4-7,11-12,20H,2-3,8-10H2,1H3. The largest absolute Gasteiger partial charge is 0.486 e. The molecule has 0 radical (unpaired) electrons. The maximum absolute atomic E-state index is 12.8. The van der Waals surface area contributed by atoms with Crippen LogP contribution in [0, 0.1) is 0 Å². The molecule has 2 heterocycles. The summed E-state index contributed by atoms with van der Waals surface area (Å²) < 4.78 is 39.0. The van der Waals surface area contributed by atoms with Crippen LogP contribution in [0.3, 0.4) is 0 Å². The van der Waals surface area contributed by atoms with Crippen molar-refractivity contribution in [3.05, 3.63) is 42.0 Å². The number of nitrogens with zero attached hydrogens (tertiary/aromatic N) is 1. The predicted octanol–water partition coefficient (Wildman–Crippen LogP) is 2.56. The first-order chi connectivity index (χ1) is 13.0. The Morgan fingerprint density at radius 1 is 1.04 bits per heavy atom. The highest BCUT2D eigenvalue weighted by molar-refractivity contribution is 7.92. The summed E-state index contributed by atoms with van der Waals surface area (Å²) in [5, 5.41) is 0. The third-order valence-corrected chi connectivity index (χ3v) is 6.05. The maximum atomic E-state index is 12.8. The molecule has 1 amide bonds. The van der Waals surface area contributed by atoms with Gasteiger partial charge in [0, 0.05) is 30.4 Å². The monoisotopic (exact) mass is 388 g/mol. The smallest absolute Gasteiger partial charge is 0.262 e. The molecule has 0 bridgehead atoms. The lowest BCUT2D eigenvalue weighted by Gasteiger charge is -2.28. The summed E-state index contributed by atoms with van der Waals surface area (Å²) in [6.07, 6.45) is 1.03. The van der Waals surface area contributed by atoms with Gasteiger partial charge < -0.3 is 14.4 Å². The maximum Gasteiger partial charge on any atom is 0.262 e. The van der Waals surface area contributed by atoms with E-state index in [2.05, 4.69) is 4.72 Å². The second-order valence-corrected chi connectivity index (χ2v) is 8.07. The number of aryl methyl sites for hydroxylation is 1. The van der Waals surface area contributed by atoms with E-state index in [1.807, 2.05) is 6.92 Å². The summed E-state index contributed by atoms with van der Waals surface area (Å²) in [6, 6.07) is 9.81. The van der Waals surface area contributed by atoms with Crippen molar-refractivity contribution in [3.63, 3.8) is 0 Å². The van der Waals surface area contributed by atoms with Crippen molar-refractivity contribution in [3.8, 4) is 11.5 Å². The van der Waals surface area contributed by atoms with Crippen LogP contribution >= 0.6 is 0 Å². The predicted molar refractivity (Wildman–Crippen MR) is 101 cm³/mol. The van der Waals surface area contributed by atoms with Gasteiger partial charge in [0.1, 0.15) is 13.2 Å². The number of anilines is 2. The quantitative estimate of drug-likeness (QED) is 0.870. The molecule has 0 aromatic heterocycles. The number of hydrogen-bond donors (Lipinski definition) is 1. The van der Waals surface area contributed by atoms with Crippen LogP contribution in [0.25, 0.3) is 0 Å². The van der Waals surface area contributed by atoms with Crippen LogP contribution in [-0.4, -0.2) is 34.1 Å². The molecule has 142 valence electrons. The van der Waals surface area contributed by atoms with Gasteiger partial charge in [0.25, 0.3) is 10.0 Å². The molecule has 0 saturated heterocycles. The molecule has 0 atom stereocenters. The van der Waals surface area contributed by atoms with Gasteiger partial charge in [-0.3, -0.25) is 9.52 Å². The van der Waals surface area contributed by atoms with Crippen LogP contribution in [0.1, 0.15) is 18.9 Å². The van der Waals surface area contributed by atoms with Crippen molar-refractivity contribution in [2.45, 2.75) is 24.7 Å². The van der Waals surface area contributed by atoms with E-state index in [0.29, 0.717) is 49.8 Å². The van der Waals surface area contributed by atoms with Crippen molar-refractivity contribution < 1.29 is 22.7 Å². The molecule has 8 heteroatoms. The van der Waals surface area contributed by atoms with Crippen LogP contribution in [0.5, 0.6) is 11.5 Å². The fraction of sp³-hybridized carbons (Fsp3) is 0.316. The lowest BCUT2D eigenvalue weighted by Crippen LogP contribution is -2.34. The van der Waals surface area contributed by atoms with Gasteiger partial charge in [-0.2, -0.15) is 0 Å². The summed E-state index contributed by atoms with van der Waals surface area (Å²) in [4.78, 5) is 13.8. The highest BCUT2D eigenvalue weighted by Gasteiger charge is 2.24. The average molecular weight is 388 g/mol. The molecular formula is C19H20N2O5S. The summed E-state index contributed by atoms with van der Waals surface area (Å²) in [5.41, 5.74) is 2.27. The lowest BCUT2D eigenvalue weighted by molar-refractivity contribution is -0.118. The van der Waals surface area contributed by atoms with Gasteiger partial charge in [-0.25, -0.2) is 8.42 Å². The normalized spacial score (nSPS) is 16.0. The van der Waals surface area contributed by atoms with Crippen molar-refractivity contribution in [1.82, 2.24) is 0 Å². The summed E-state index contributed by atoms with van der Waals surface area (Å²) in [7, 11) is -3.77. The molecule has 0 unspecified atom stereocenters. The fourth-order valence-electron chi connectivity index (χ4n) is 3.38.